The van der Waals surface area contributed by atoms with E-state index in [9.17, 15) is 0 Å². The largest absolute Gasteiger partial charge is 0.385 e. The van der Waals surface area contributed by atoms with Crippen LogP contribution in [0.25, 0.3) is 22.6 Å². The standard InChI is InChI=1S/C15H18ClN7/c1-17-12-11(16)7-19-15-13(12)21-14(22-15)9-6-20-23(8-9)10-2-4-18-5-3-10/h6-8,10,18H,2-5H2,1H3,(H2,17,19,21,22). The lowest BCUT2D eigenvalue weighted by Crippen LogP contribution is -2.29. The van der Waals surface area contributed by atoms with Gasteiger partial charge in [0.1, 0.15) is 11.3 Å². The van der Waals surface area contributed by atoms with Gasteiger partial charge in [-0.3, -0.25) is 4.68 Å². The van der Waals surface area contributed by atoms with E-state index < -0.39 is 0 Å². The number of nitrogens with zero attached hydrogens (tertiary/aromatic N) is 4. The van der Waals surface area contributed by atoms with E-state index in [0.29, 0.717) is 16.7 Å². The second-order valence-electron chi connectivity index (χ2n) is 5.71. The van der Waals surface area contributed by atoms with Crippen LogP contribution in [0.3, 0.4) is 0 Å². The monoisotopic (exact) mass is 331 g/mol. The SMILES string of the molecule is CNc1c(Cl)cnc2nc(-c3cnn(C4CCNCC4)c3)[nH]c12. The molecule has 0 bridgehead atoms. The van der Waals surface area contributed by atoms with E-state index >= 15 is 0 Å². The summed E-state index contributed by atoms with van der Waals surface area (Å²) in [4.78, 5) is 12.1. The van der Waals surface area contributed by atoms with Gasteiger partial charge >= 0.3 is 0 Å². The van der Waals surface area contributed by atoms with Crippen LogP contribution in [-0.2, 0) is 0 Å². The number of H-pyrrole nitrogens is 1. The molecule has 0 aliphatic carbocycles. The molecule has 0 spiro atoms. The van der Waals surface area contributed by atoms with E-state index in [1.807, 2.05) is 24.1 Å². The van der Waals surface area contributed by atoms with Crippen molar-refractivity contribution in [3.63, 3.8) is 0 Å². The van der Waals surface area contributed by atoms with Gasteiger partial charge in [0, 0.05) is 13.2 Å². The summed E-state index contributed by atoms with van der Waals surface area (Å²) in [5.41, 5.74) is 3.22. The van der Waals surface area contributed by atoms with Crippen molar-refractivity contribution in [3.05, 3.63) is 23.6 Å². The summed E-state index contributed by atoms with van der Waals surface area (Å²) in [5, 5.41) is 11.5. The molecule has 3 aromatic rings. The highest BCUT2D eigenvalue weighted by Gasteiger charge is 2.18. The number of nitrogens with one attached hydrogen (secondary N) is 3. The number of rotatable bonds is 3. The van der Waals surface area contributed by atoms with E-state index in [-0.39, 0.29) is 0 Å². The van der Waals surface area contributed by atoms with Crippen molar-refractivity contribution in [2.75, 3.05) is 25.5 Å². The molecule has 3 N–H and O–H groups in total. The third-order valence-corrected chi connectivity index (χ3v) is 4.57. The number of imidazole rings is 1. The van der Waals surface area contributed by atoms with Gasteiger partial charge in [0.25, 0.3) is 0 Å². The number of halogens is 1. The molecule has 4 heterocycles. The zero-order chi connectivity index (χ0) is 15.8. The maximum absolute atomic E-state index is 6.17. The van der Waals surface area contributed by atoms with Crippen LogP contribution in [0.4, 0.5) is 5.69 Å². The lowest BCUT2D eigenvalue weighted by Gasteiger charge is -2.22. The van der Waals surface area contributed by atoms with Gasteiger partial charge in [-0.1, -0.05) is 11.6 Å². The van der Waals surface area contributed by atoms with E-state index in [0.717, 1.165) is 48.5 Å². The van der Waals surface area contributed by atoms with E-state index in [1.165, 1.54) is 0 Å². The summed E-state index contributed by atoms with van der Waals surface area (Å²) >= 11 is 6.17. The fraction of sp³-hybridized carbons (Fsp3) is 0.400. The summed E-state index contributed by atoms with van der Waals surface area (Å²) in [7, 11) is 1.83. The average molecular weight is 332 g/mol. The molecule has 7 nitrogen and oxygen atoms in total. The summed E-state index contributed by atoms with van der Waals surface area (Å²) in [6.45, 7) is 2.08. The topological polar surface area (TPSA) is 83.4 Å². The molecule has 0 aromatic carbocycles. The predicted molar refractivity (Wildman–Crippen MR) is 90.8 cm³/mol. The highest BCUT2D eigenvalue weighted by Crippen LogP contribution is 2.30. The molecule has 0 atom stereocenters. The lowest BCUT2D eigenvalue weighted by molar-refractivity contribution is 0.343. The Kier molecular flexibility index (Phi) is 3.66. The van der Waals surface area contributed by atoms with E-state index in [4.69, 9.17) is 11.6 Å². The average Bonchev–Trinajstić information content (AvgIpc) is 3.22. The second-order valence-corrected chi connectivity index (χ2v) is 6.11. The van der Waals surface area contributed by atoms with Gasteiger partial charge < -0.3 is 15.6 Å². The molecule has 0 radical (unpaired) electrons. The molecule has 0 saturated carbocycles. The van der Waals surface area contributed by atoms with Gasteiger partial charge in [0.15, 0.2) is 5.65 Å². The van der Waals surface area contributed by atoms with Crippen molar-refractivity contribution in [2.45, 2.75) is 18.9 Å². The van der Waals surface area contributed by atoms with Crippen LogP contribution in [0.1, 0.15) is 18.9 Å². The minimum atomic E-state index is 0.454. The van der Waals surface area contributed by atoms with Crippen LogP contribution in [0.5, 0.6) is 0 Å². The van der Waals surface area contributed by atoms with Crippen LogP contribution in [0.2, 0.25) is 5.02 Å². The minimum absolute atomic E-state index is 0.454. The molecular weight excluding hydrogens is 314 g/mol. The summed E-state index contributed by atoms with van der Waals surface area (Å²) in [6, 6.07) is 0.454. The fourth-order valence-electron chi connectivity index (χ4n) is 3.05. The second kappa shape index (κ2) is 5.82. The third-order valence-electron chi connectivity index (χ3n) is 4.28. The Balaban J connectivity index is 1.70. The fourth-order valence-corrected chi connectivity index (χ4v) is 3.28. The number of fused-ring (bicyclic) bond motifs is 1. The number of aromatic amines is 1. The lowest BCUT2D eigenvalue weighted by atomic mass is 10.1. The van der Waals surface area contributed by atoms with Gasteiger partial charge in [-0.2, -0.15) is 5.10 Å². The molecule has 3 aromatic heterocycles. The van der Waals surface area contributed by atoms with Crippen LogP contribution >= 0.6 is 11.6 Å². The maximum atomic E-state index is 6.17. The minimum Gasteiger partial charge on any atom is -0.385 e. The number of hydrogen-bond acceptors (Lipinski definition) is 5. The van der Waals surface area contributed by atoms with Crippen LogP contribution < -0.4 is 10.6 Å². The third kappa shape index (κ3) is 2.55. The Labute approximate surface area is 138 Å². The van der Waals surface area contributed by atoms with Crippen LogP contribution in [-0.4, -0.2) is 44.9 Å². The quantitative estimate of drug-likeness (QED) is 0.686. The molecule has 8 heteroatoms. The van der Waals surface area contributed by atoms with Gasteiger partial charge in [-0.05, 0) is 25.9 Å². The van der Waals surface area contributed by atoms with Crippen LogP contribution in [0.15, 0.2) is 18.6 Å². The first-order chi connectivity index (χ1) is 11.3. The number of aromatic nitrogens is 5. The Morgan fingerprint density at radius 3 is 2.91 bits per heavy atom. The first kappa shape index (κ1) is 14.5. The predicted octanol–water partition coefficient (Wildman–Crippen LogP) is 2.44. The molecule has 4 rings (SSSR count). The van der Waals surface area contributed by atoms with E-state index in [1.54, 1.807) is 6.20 Å². The highest BCUT2D eigenvalue weighted by atomic mass is 35.5. The first-order valence-electron chi connectivity index (χ1n) is 7.73. The van der Waals surface area contributed by atoms with Gasteiger partial charge in [0.05, 0.1) is 34.7 Å². The van der Waals surface area contributed by atoms with Gasteiger partial charge in [0.2, 0.25) is 0 Å². The maximum Gasteiger partial charge on any atom is 0.180 e. The Hall–Kier alpha value is -2.12. The summed E-state index contributed by atoms with van der Waals surface area (Å²) in [6.07, 6.45) is 7.71. The van der Waals surface area contributed by atoms with Crippen molar-refractivity contribution in [2.24, 2.45) is 0 Å². The van der Waals surface area contributed by atoms with Gasteiger partial charge in [-0.25, -0.2) is 9.97 Å². The molecule has 23 heavy (non-hydrogen) atoms. The summed E-state index contributed by atoms with van der Waals surface area (Å²) < 4.78 is 2.04. The Morgan fingerprint density at radius 2 is 2.13 bits per heavy atom. The Bertz CT molecular complexity index is 832. The van der Waals surface area contributed by atoms with E-state index in [2.05, 4.69) is 30.7 Å². The molecule has 0 unspecified atom stereocenters. The first-order valence-corrected chi connectivity index (χ1v) is 8.11. The van der Waals surface area contributed by atoms with Crippen molar-refractivity contribution < 1.29 is 0 Å². The molecule has 120 valence electrons. The Morgan fingerprint density at radius 1 is 1.30 bits per heavy atom. The zero-order valence-corrected chi connectivity index (χ0v) is 13.6. The summed E-state index contributed by atoms with van der Waals surface area (Å²) in [5.74, 6) is 0.756. The van der Waals surface area contributed by atoms with Gasteiger partial charge in [-0.15, -0.1) is 0 Å². The number of pyridine rings is 1. The molecule has 1 aliphatic heterocycles. The van der Waals surface area contributed by atoms with Crippen molar-refractivity contribution >= 4 is 28.5 Å². The highest BCUT2D eigenvalue weighted by molar-refractivity contribution is 6.34. The zero-order valence-electron chi connectivity index (χ0n) is 12.8. The number of anilines is 1. The van der Waals surface area contributed by atoms with Crippen LogP contribution in [0, 0.1) is 0 Å². The van der Waals surface area contributed by atoms with Crippen molar-refractivity contribution in [1.82, 2.24) is 30.0 Å². The smallest absolute Gasteiger partial charge is 0.180 e. The molecule has 1 fully saturated rings. The number of piperidine rings is 1. The molecular formula is C15H18ClN7. The number of hydrogen-bond donors (Lipinski definition) is 3. The molecule has 1 aliphatic rings. The normalized spacial score (nSPS) is 16.1. The van der Waals surface area contributed by atoms with Crippen molar-refractivity contribution in [1.29, 1.82) is 0 Å². The molecule has 0 amide bonds. The molecule has 1 saturated heterocycles. The van der Waals surface area contributed by atoms with Crippen molar-refractivity contribution in [3.8, 4) is 11.4 Å².